The van der Waals surface area contributed by atoms with Gasteiger partial charge in [0.25, 0.3) is 11.5 Å². The Morgan fingerprint density at radius 1 is 1.50 bits per heavy atom. The van der Waals surface area contributed by atoms with Crippen molar-refractivity contribution in [2.45, 2.75) is 32.0 Å². The molecule has 2 heterocycles. The van der Waals surface area contributed by atoms with Gasteiger partial charge in [-0.15, -0.1) is 0 Å². The molecule has 2 rings (SSSR count). The summed E-state index contributed by atoms with van der Waals surface area (Å²) in [6.45, 7) is 6.25. The molecular formula is C13H19ClFNO4. The van der Waals surface area contributed by atoms with Crippen LogP contribution in [-0.2, 0) is 19.1 Å². The summed E-state index contributed by atoms with van der Waals surface area (Å²) in [7, 11) is 0. The smallest absolute Gasteiger partial charge is 0.317 e. The molecule has 7 heteroatoms. The van der Waals surface area contributed by atoms with Crippen molar-refractivity contribution < 1.29 is 23.5 Å². The molecule has 0 bridgehead atoms. The predicted octanol–water partition coefficient (Wildman–Crippen LogP) is 1.34. The molecule has 0 aromatic carbocycles. The first kappa shape index (κ1) is 15.5. The van der Waals surface area contributed by atoms with Crippen molar-refractivity contribution in [3.8, 4) is 0 Å². The van der Waals surface area contributed by atoms with Crippen LogP contribution in [0.3, 0.4) is 0 Å². The first-order valence-corrected chi connectivity index (χ1v) is 6.97. The van der Waals surface area contributed by atoms with E-state index in [0.29, 0.717) is 6.61 Å². The van der Waals surface area contributed by atoms with Crippen LogP contribution in [0.4, 0.5) is 4.39 Å². The first-order chi connectivity index (χ1) is 9.16. The summed E-state index contributed by atoms with van der Waals surface area (Å²) < 4.78 is 23.8. The minimum absolute atomic E-state index is 0.0958. The Hall–Kier alpha value is -0.880. The van der Waals surface area contributed by atoms with E-state index in [4.69, 9.17) is 21.1 Å². The largest absolute Gasteiger partial charge is 0.459 e. The van der Waals surface area contributed by atoms with E-state index in [0.717, 1.165) is 0 Å². The molecule has 1 amide bonds. The lowest BCUT2D eigenvalue weighted by Crippen LogP contribution is -2.44. The highest BCUT2D eigenvalue weighted by Gasteiger charge is 2.58. The highest BCUT2D eigenvalue weighted by Crippen LogP contribution is 2.43. The summed E-state index contributed by atoms with van der Waals surface area (Å²) in [6.07, 6.45) is 0. The molecule has 0 aromatic heterocycles. The molecule has 2 fully saturated rings. The number of alkyl halides is 2. The zero-order chi connectivity index (χ0) is 15.1. The number of esters is 1. The minimum Gasteiger partial charge on any atom is -0.459 e. The van der Waals surface area contributed by atoms with Crippen molar-refractivity contribution in [1.29, 1.82) is 0 Å². The van der Waals surface area contributed by atoms with Gasteiger partial charge in [0, 0.05) is 19.0 Å². The Morgan fingerprint density at radius 2 is 2.15 bits per heavy atom. The van der Waals surface area contributed by atoms with E-state index >= 15 is 0 Å². The number of amides is 1. The van der Waals surface area contributed by atoms with Crippen LogP contribution in [-0.4, -0.2) is 54.3 Å². The third-order valence-electron chi connectivity index (χ3n) is 3.68. The number of carbonyl (C=O) groups excluding carboxylic acids is 2. The number of rotatable bonds is 2. The third kappa shape index (κ3) is 2.76. The normalized spacial score (nSPS) is 31.1. The second kappa shape index (κ2) is 5.15. The van der Waals surface area contributed by atoms with Gasteiger partial charge in [-0.3, -0.25) is 9.59 Å². The molecular weight excluding hydrogens is 289 g/mol. The average Bonchev–Trinajstić information content (AvgIpc) is 2.81. The van der Waals surface area contributed by atoms with Crippen LogP contribution >= 0.6 is 11.6 Å². The number of fused-ring (bicyclic) bond motifs is 1. The molecule has 0 aromatic rings. The Morgan fingerprint density at radius 3 is 2.70 bits per heavy atom. The van der Waals surface area contributed by atoms with Crippen molar-refractivity contribution >= 4 is 23.5 Å². The summed E-state index contributed by atoms with van der Waals surface area (Å²) in [5.74, 6) is -1.37. The fraction of sp³-hybridized carbons (Fsp3) is 0.846. The van der Waals surface area contributed by atoms with Gasteiger partial charge in [-0.25, -0.2) is 4.39 Å². The maximum absolute atomic E-state index is 12.9. The highest BCUT2D eigenvalue weighted by molar-refractivity contribution is 6.29. The van der Waals surface area contributed by atoms with Crippen LogP contribution in [0.5, 0.6) is 0 Å². The lowest BCUT2D eigenvalue weighted by molar-refractivity contribution is -0.168. The zero-order valence-corrected chi connectivity index (χ0v) is 12.6. The molecule has 0 spiro atoms. The van der Waals surface area contributed by atoms with E-state index in [9.17, 15) is 14.0 Å². The maximum Gasteiger partial charge on any atom is 0.317 e. The van der Waals surface area contributed by atoms with Gasteiger partial charge in [-0.2, -0.15) is 0 Å². The molecule has 0 radical (unpaired) electrons. The van der Waals surface area contributed by atoms with Crippen molar-refractivity contribution in [2.75, 3.05) is 26.3 Å². The van der Waals surface area contributed by atoms with Crippen LogP contribution < -0.4 is 0 Å². The predicted molar refractivity (Wildman–Crippen MR) is 69.9 cm³/mol. The van der Waals surface area contributed by atoms with Crippen molar-refractivity contribution in [3.63, 3.8) is 0 Å². The fourth-order valence-electron chi connectivity index (χ4n) is 2.71. The molecule has 5 nitrogen and oxygen atoms in total. The standard InChI is InChI=1S/C13H19ClFNO4/c1-12(2,3)20-11(18)13-6-16(10(17)9(14)15)4-8(13)5-19-7-13/h8-9H,4-7H2,1-3H3/t8-,9?,13-/m1/s1. The SMILES string of the molecule is CC(C)(C)OC(=O)[C@]12COC[C@H]1CN(C(=O)C(F)Cl)C2. The second-order valence-electron chi connectivity index (χ2n) is 6.39. The number of likely N-dealkylation sites (tertiary alicyclic amines) is 1. The number of hydrogen-bond donors (Lipinski definition) is 0. The summed E-state index contributed by atoms with van der Waals surface area (Å²) >= 11 is 5.19. The van der Waals surface area contributed by atoms with E-state index in [1.54, 1.807) is 20.8 Å². The Balaban J connectivity index is 2.16. The summed E-state index contributed by atoms with van der Waals surface area (Å²) in [5, 5.41) is 0. The highest BCUT2D eigenvalue weighted by atomic mass is 35.5. The lowest BCUT2D eigenvalue weighted by Gasteiger charge is -2.29. The van der Waals surface area contributed by atoms with Crippen molar-refractivity contribution in [3.05, 3.63) is 0 Å². The monoisotopic (exact) mass is 307 g/mol. The summed E-state index contributed by atoms with van der Waals surface area (Å²) in [6, 6.07) is 0. The lowest BCUT2D eigenvalue weighted by atomic mass is 9.81. The van der Waals surface area contributed by atoms with Gasteiger partial charge in [-0.05, 0) is 20.8 Å². The van der Waals surface area contributed by atoms with E-state index in [2.05, 4.69) is 0 Å². The third-order valence-corrected chi connectivity index (χ3v) is 3.86. The number of halogens is 2. The van der Waals surface area contributed by atoms with Crippen LogP contribution in [0.15, 0.2) is 0 Å². The van der Waals surface area contributed by atoms with Gasteiger partial charge in [-0.1, -0.05) is 11.6 Å². The molecule has 3 atom stereocenters. The number of nitrogens with zero attached hydrogens (tertiary/aromatic N) is 1. The van der Waals surface area contributed by atoms with Crippen molar-refractivity contribution in [2.24, 2.45) is 11.3 Å². The molecule has 2 aliphatic rings. The number of hydrogen-bond acceptors (Lipinski definition) is 4. The molecule has 0 saturated carbocycles. The van der Waals surface area contributed by atoms with Crippen LogP contribution in [0.2, 0.25) is 0 Å². The molecule has 0 N–H and O–H groups in total. The minimum atomic E-state index is -2.08. The first-order valence-electron chi connectivity index (χ1n) is 6.54. The Labute approximate surface area is 122 Å². The second-order valence-corrected chi connectivity index (χ2v) is 6.77. The fourth-order valence-corrected chi connectivity index (χ4v) is 2.85. The Bertz CT molecular complexity index is 423. The van der Waals surface area contributed by atoms with Crippen molar-refractivity contribution in [1.82, 2.24) is 4.90 Å². The van der Waals surface area contributed by atoms with Crippen LogP contribution in [0, 0.1) is 11.3 Å². The van der Waals surface area contributed by atoms with Gasteiger partial charge in [0.1, 0.15) is 11.0 Å². The molecule has 0 aliphatic carbocycles. The van der Waals surface area contributed by atoms with Gasteiger partial charge in [0.05, 0.1) is 13.2 Å². The van der Waals surface area contributed by atoms with Gasteiger partial charge >= 0.3 is 5.97 Å². The molecule has 20 heavy (non-hydrogen) atoms. The van der Waals surface area contributed by atoms with Crippen LogP contribution in [0.25, 0.3) is 0 Å². The van der Waals surface area contributed by atoms with E-state index in [1.807, 2.05) is 0 Å². The number of ether oxygens (including phenoxy) is 2. The maximum atomic E-state index is 12.9. The quantitative estimate of drug-likeness (QED) is 0.570. The molecule has 114 valence electrons. The summed E-state index contributed by atoms with van der Waals surface area (Å²) in [4.78, 5) is 25.4. The number of carbonyl (C=O) groups is 2. The van der Waals surface area contributed by atoms with Gasteiger partial charge < -0.3 is 14.4 Å². The average molecular weight is 308 g/mol. The Kier molecular flexibility index (Phi) is 3.99. The van der Waals surface area contributed by atoms with E-state index < -0.39 is 28.5 Å². The topological polar surface area (TPSA) is 55.8 Å². The van der Waals surface area contributed by atoms with Gasteiger partial charge in [0.2, 0.25) is 0 Å². The van der Waals surface area contributed by atoms with Gasteiger partial charge in [0.15, 0.2) is 0 Å². The van der Waals surface area contributed by atoms with Crippen LogP contribution in [0.1, 0.15) is 20.8 Å². The molecule has 1 unspecified atom stereocenters. The van der Waals surface area contributed by atoms with E-state index in [1.165, 1.54) is 4.90 Å². The summed E-state index contributed by atoms with van der Waals surface area (Å²) in [5.41, 5.74) is -3.59. The molecule has 2 saturated heterocycles. The zero-order valence-electron chi connectivity index (χ0n) is 11.8. The molecule has 2 aliphatic heterocycles. The van der Waals surface area contributed by atoms with E-state index in [-0.39, 0.29) is 25.6 Å².